The van der Waals surface area contributed by atoms with E-state index in [1.807, 2.05) is 6.92 Å². The Balaban J connectivity index is 0. The predicted molar refractivity (Wildman–Crippen MR) is 51.4 cm³/mol. The molecule has 0 aromatic carbocycles. The lowest BCUT2D eigenvalue weighted by atomic mass is 10.4. The molecule has 0 amide bonds. The maximum Gasteiger partial charge on any atom is 0.333 e. The van der Waals surface area contributed by atoms with Crippen molar-refractivity contribution in [1.29, 1.82) is 0 Å². The number of carbonyl (C=O) groups excluding carboxylic acids is 1. The highest BCUT2D eigenvalue weighted by molar-refractivity contribution is 5.86. The fraction of sp³-hybridized carbons (Fsp3) is 0.500. The van der Waals surface area contributed by atoms with E-state index >= 15 is 0 Å². The summed E-state index contributed by atoms with van der Waals surface area (Å²) in [5.74, 6) is -0.335. The Kier molecular flexibility index (Phi) is 11.7. The third kappa shape index (κ3) is 11.9. The van der Waals surface area contributed by atoms with Crippen LogP contribution in [0.4, 0.5) is 0 Å². The van der Waals surface area contributed by atoms with Crippen molar-refractivity contribution < 1.29 is 9.53 Å². The van der Waals surface area contributed by atoms with Crippen molar-refractivity contribution in [2.45, 2.75) is 26.7 Å². The second-order valence-corrected chi connectivity index (χ2v) is 2.27. The average molecular weight is 170 g/mol. The fourth-order valence-corrected chi connectivity index (χ4v) is 0.288. The number of rotatable bonds is 3. The Bertz CT molecular complexity index is 128. The molecule has 0 saturated carbocycles. The molecule has 0 spiro atoms. The Morgan fingerprint density at radius 1 is 1.42 bits per heavy atom. The molecule has 0 aliphatic carbocycles. The Hall–Kier alpha value is -0.790. The van der Waals surface area contributed by atoms with E-state index in [2.05, 4.69) is 25.2 Å². The summed E-state index contributed by atoms with van der Waals surface area (Å²) in [4.78, 5) is 10.6. The van der Waals surface area contributed by atoms with E-state index in [-0.39, 0.29) is 5.97 Å². The topological polar surface area (TPSA) is 26.3 Å². The van der Waals surface area contributed by atoms with Crippen molar-refractivity contribution in [2.24, 2.45) is 0 Å². The van der Waals surface area contributed by atoms with Gasteiger partial charge in [0.05, 0.1) is 6.61 Å². The quantitative estimate of drug-likeness (QED) is 0.480. The third-order valence-electron chi connectivity index (χ3n) is 0.726. The van der Waals surface area contributed by atoms with Crippen LogP contribution < -0.4 is 0 Å². The summed E-state index contributed by atoms with van der Waals surface area (Å²) in [6.07, 6.45) is 1.61. The fourth-order valence-electron chi connectivity index (χ4n) is 0.288. The SMILES string of the molecule is [CH2]CC.[CH2]CCOC(=O)C(=C)C. The van der Waals surface area contributed by atoms with Gasteiger partial charge >= 0.3 is 5.97 Å². The highest BCUT2D eigenvalue weighted by atomic mass is 16.5. The van der Waals surface area contributed by atoms with Crippen molar-refractivity contribution in [2.75, 3.05) is 6.61 Å². The molecule has 0 aromatic heterocycles. The van der Waals surface area contributed by atoms with Crippen LogP contribution in [0.15, 0.2) is 12.2 Å². The zero-order valence-electron chi connectivity index (χ0n) is 8.06. The molecule has 0 aliphatic rings. The smallest absolute Gasteiger partial charge is 0.333 e. The maximum absolute atomic E-state index is 10.6. The van der Waals surface area contributed by atoms with Gasteiger partial charge in [0.1, 0.15) is 0 Å². The number of carbonyl (C=O) groups is 1. The highest BCUT2D eigenvalue weighted by Gasteiger charge is 1.99. The van der Waals surface area contributed by atoms with Crippen LogP contribution in [0.3, 0.4) is 0 Å². The van der Waals surface area contributed by atoms with Crippen LogP contribution in [-0.4, -0.2) is 12.6 Å². The summed E-state index contributed by atoms with van der Waals surface area (Å²) in [5, 5.41) is 0. The van der Waals surface area contributed by atoms with Crippen LogP contribution >= 0.6 is 0 Å². The Labute approximate surface area is 75.6 Å². The molecule has 0 saturated heterocycles. The van der Waals surface area contributed by atoms with Crippen LogP contribution in [0.1, 0.15) is 26.7 Å². The molecule has 70 valence electrons. The molecule has 0 aliphatic heterocycles. The Morgan fingerprint density at radius 2 is 1.83 bits per heavy atom. The minimum absolute atomic E-state index is 0.335. The van der Waals surface area contributed by atoms with E-state index in [4.69, 9.17) is 0 Å². The van der Waals surface area contributed by atoms with Gasteiger partial charge in [-0.05, 0) is 20.3 Å². The molecule has 0 N–H and O–H groups in total. The van der Waals surface area contributed by atoms with Crippen LogP contribution in [0.25, 0.3) is 0 Å². The van der Waals surface area contributed by atoms with Gasteiger partial charge in [0.25, 0.3) is 0 Å². The van der Waals surface area contributed by atoms with E-state index in [0.717, 1.165) is 6.42 Å². The molecule has 0 rings (SSSR count). The molecule has 2 heteroatoms. The zero-order valence-corrected chi connectivity index (χ0v) is 8.06. The van der Waals surface area contributed by atoms with Crippen molar-refractivity contribution >= 4 is 5.97 Å². The van der Waals surface area contributed by atoms with Crippen LogP contribution in [0.5, 0.6) is 0 Å². The van der Waals surface area contributed by atoms with Crippen LogP contribution in [0.2, 0.25) is 0 Å². The van der Waals surface area contributed by atoms with Gasteiger partial charge in [0, 0.05) is 5.57 Å². The summed E-state index contributed by atoms with van der Waals surface area (Å²) in [6, 6.07) is 0. The summed E-state index contributed by atoms with van der Waals surface area (Å²) in [5.41, 5.74) is 0.434. The molecule has 0 heterocycles. The first-order chi connectivity index (χ1) is 5.59. The van der Waals surface area contributed by atoms with E-state index in [0.29, 0.717) is 18.6 Å². The summed E-state index contributed by atoms with van der Waals surface area (Å²) < 4.78 is 4.65. The first-order valence-corrected chi connectivity index (χ1v) is 4.01. The second-order valence-electron chi connectivity index (χ2n) is 2.27. The van der Waals surface area contributed by atoms with Gasteiger partial charge < -0.3 is 4.74 Å². The van der Waals surface area contributed by atoms with Gasteiger partial charge in [0.15, 0.2) is 0 Å². The van der Waals surface area contributed by atoms with E-state index in [9.17, 15) is 4.79 Å². The standard InChI is InChI=1S/C7H11O2.C3H7/c1-4-5-9-7(8)6(2)3;1-3-2/h1-2,4-5H2,3H3;1,3H2,2H3. The highest BCUT2D eigenvalue weighted by Crippen LogP contribution is 1.91. The molecule has 0 atom stereocenters. The maximum atomic E-state index is 10.6. The van der Waals surface area contributed by atoms with E-state index in [1.165, 1.54) is 0 Å². The zero-order chi connectivity index (χ0) is 9.98. The second kappa shape index (κ2) is 10.2. The Morgan fingerprint density at radius 3 is 2.08 bits per heavy atom. The molecule has 0 bridgehead atoms. The predicted octanol–water partition coefficient (Wildman–Crippen LogP) is 2.56. The molecular weight excluding hydrogens is 152 g/mol. The molecule has 0 aromatic rings. The summed E-state index contributed by atoms with van der Waals surface area (Å²) >= 11 is 0. The van der Waals surface area contributed by atoms with Crippen LogP contribution in [-0.2, 0) is 9.53 Å². The summed E-state index contributed by atoms with van der Waals surface area (Å²) in [7, 11) is 0. The minimum Gasteiger partial charge on any atom is -0.462 e. The first kappa shape index (κ1) is 13.8. The number of ether oxygens (including phenoxy) is 1. The molecule has 0 unspecified atom stereocenters. The van der Waals surface area contributed by atoms with Crippen molar-refractivity contribution in [3.05, 3.63) is 26.0 Å². The monoisotopic (exact) mass is 170 g/mol. The molecule has 2 radical (unpaired) electrons. The van der Waals surface area contributed by atoms with Gasteiger partial charge in [-0.1, -0.05) is 26.8 Å². The minimum atomic E-state index is -0.335. The molecule has 0 fully saturated rings. The molecule has 12 heavy (non-hydrogen) atoms. The van der Waals surface area contributed by atoms with E-state index in [1.54, 1.807) is 6.92 Å². The lowest BCUT2D eigenvalue weighted by Crippen LogP contribution is -2.04. The van der Waals surface area contributed by atoms with Gasteiger partial charge in [0.2, 0.25) is 0 Å². The van der Waals surface area contributed by atoms with Crippen molar-refractivity contribution in [1.82, 2.24) is 0 Å². The number of hydrogen-bond acceptors (Lipinski definition) is 2. The molecule has 2 nitrogen and oxygen atoms in total. The number of hydrogen-bond donors (Lipinski definition) is 0. The largest absolute Gasteiger partial charge is 0.462 e. The summed E-state index contributed by atoms with van der Waals surface area (Å²) in [6.45, 7) is 14.4. The normalized spacial score (nSPS) is 8.00. The first-order valence-electron chi connectivity index (χ1n) is 4.01. The van der Waals surface area contributed by atoms with E-state index < -0.39 is 0 Å². The number of esters is 1. The van der Waals surface area contributed by atoms with Crippen molar-refractivity contribution in [3.8, 4) is 0 Å². The average Bonchev–Trinajstić information content (AvgIpc) is 2.01. The molecular formula is C10H18O2. The lowest BCUT2D eigenvalue weighted by molar-refractivity contribution is -0.138. The van der Waals surface area contributed by atoms with Crippen molar-refractivity contribution in [3.63, 3.8) is 0 Å². The van der Waals surface area contributed by atoms with Gasteiger partial charge in [-0.3, -0.25) is 0 Å². The van der Waals surface area contributed by atoms with Gasteiger partial charge in [-0.25, -0.2) is 4.79 Å². The lowest BCUT2D eigenvalue weighted by Gasteiger charge is -1.99. The van der Waals surface area contributed by atoms with Crippen LogP contribution in [0, 0.1) is 13.8 Å². The third-order valence-corrected chi connectivity index (χ3v) is 0.726. The van der Waals surface area contributed by atoms with Gasteiger partial charge in [-0.15, -0.1) is 0 Å². The van der Waals surface area contributed by atoms with Gasteiger partial charge in [-0.2, -0.15) is 0 Å².